The largest absolute Gasteiger partial charge is 0.347 e. The summed E-state index contributed by atoms with van der Waals surface area (Å²) in [6.45, 7) is 1.95. The predicted octanol–water partition coefficient (Wildman–Crippen LogP) is 4.13. The molecule has 10 heteroatoms. The van der Waals surface area contributed by atoms with Crippen LogP contribution in [0.4, 0.5) is 17.2 Å². The van der Waals surface area contributed by atoms with Gasteiger partial charge in [0.2, 0.25) is 0 Å². The number of sulfone groups is 1. The molecule has 0 bridgehead atoms. The van der Waals surface area contributed by atoms with Crippen molar-refractivity contribution in [2.24, 2.45) is 0 Å². The van der Waals surface area contributed by atoms with Crippen LogP contribution < -0.4 is 16.0 Å². The van der Waals surface area contributed by atoms with Crippen molar-refractivity contribution in [1.82, 2.24) is 10.3 Å². The number of hydrogen-bond donors (Lipinski definition) is 3. The zero-order chi connectivity index (χ0) is 24.6. The Balaban J connectivity index is 1.45. The molecule has 178 valence electrons. The summed E-state index contributed by atoms with van der Waals surface area (Å²) in [5.41, 5.74) is 2.89. The van der Waals surface area contributed by atoms with Gasteiger partial charge in [-0.3, -0.25) is 9.59 Å². The molecule has 3 heterocycles. The molecule has 2 aromatic carbocycles. The lowest BCUT2D eigenvalue weighted by atomic mass is 10.1. The predicted molar refractivity (Wildman–Crippen MR) is 138 cm³/mol. The van der Waals surface area contributed by atoms with Crippen LogP contribution in [0.3, 0.4) is 0 Å². The molecule has 1 saturated heterocycles. The molecule has 0 spiro atoms. The number of fused-ring (bicyclic) bond motifs is 1. The number of anilines is 3. The van der Waals surface area contributed by atoms with Gasteiger partial charge in [-0.2, -0.15) is 0 Å². The summed E-state index contributed by atoms with van der Waals surface area (Å²) in [5, 5.41) is 11.5. The average molecular weight is 507 g/mol. The number of carbonyl (C=O) groups is 2. The second-order valence-corrected chi connectivity index (χ2v) is 11.5. The highest BCUT2D eigenvalue weighted by atomic mass is 32.2. The number of amides is 2. The molecule has 2 aromatic heterocycles. The number of benzene rings is 2. The van der Waals surface area contributed by atoms with Crippen molar-refractivity contribution >= 4 is 60.3 Å². The molecule has 1 fully saturated rings. The lowest BCUT2D eigenvalue weighted by molar-refractivity contribution is 0.0940. The van der Waals surface area contributed by atoms with E-state index in [1.807, 2.05) is 55.5 Å². The molecule has 35 heavy (non-hydrogen) atoms. The fraction of sp³-hybridized carbons (Fsp3) is 0.160. The van der Waals surface area contributed by atoms with Crippen molar-refractivity contribution in [3.63, 3.8) is 0 Å². The normalized spacial score (nSPS) is 14.8. The first-order valence-corrected chi connectivity index (χ1v) is 13.6. The second kappa shape index (κ2) is 9.12. The molecule has 0 radical (unpaired) electrons. The van der Waals surface area contributed by atoms with E-state index in [2.05, 4.69) is 20.9 Å². The second-order valence-electron chi connectivity index (χ2n) is 8.41. The van der Waals surface area contributed by atoms with Gasteiger partial charge in [0.15, 0.2) is 15.7 Å². The molecular formula is C25H22N4O4S2. The van der Waals surface area contributed by atoms with E-state index in [4.69, 9.17) is 0 Å². The van der Waals surface area contributed by atoms with Crippen LogP contribution >= 0.6 is 11.3 Å². The van der Waals surface area contributed by atoms with Crippen LogP contribution in [0.5, 0.6) is 0 Å². The maximum atomic E-state index is 13.2. The molecule has 1 aliphatic rings. The Labute approximate surface area is 206 Å². The fourth-order valence-electron chi connectivity index (χ4n) is 3.88. The Kier molecular flexibility index (Phi) is 6.00. The van der Waals surface area contributed by atoms with Gasteiger partial charge < -0.3 is 16.0 Å². The number of rotatable bonds is 6. The number of nitrogens with one attached hydrogen (secondary N) is 3. The molecule has 2 amide bonds. The van der Waals surface area contributed by atoms with Crippen molar-refractivity contribution in [2.75, 3.05) is 22.1 Å². The first-order chi connectivity index (χ1) is 16.8. The van der Waals surface area contributed by atoms with Crippen molar-refractivity contribution in [3.05, 3.63) is 82.9 Å². The molecule has 0 aliphatic carbocycles. The average Bonchev–Trinajstić information content (AvgIpc) is 3.24. The zero-order valence-electron chi connectivity index (χ0n) is 18.7. The van der Waals surface area contributed by atoms with Crippen LogP contribution in [0.1, 0.15) is 26.3 Å². The van der Waals surface area contributed by atoms with Crippen molar-refractivity contribution in [3.8, 4) is 0 Å². The van der Waals surface area contributed by atoms with Crippen LogP contribution in [0.25, 0.3) is 10.1 Å². The van der Waals surface area contributed by atoms with Crippen LogP contribution in [0.2, 0.25) is 0 Å². The highest BCUT2D eigenvalue weighted by molar-refractivity contribution is 7.92. The van der Waals surface area contributed by atoms with Crippen molar-refractivity contribution < 1.29 is 18.0 Å². The van der Waals surface area contributed by atoms with E-state index in [1.54, 1.807) is 11.4 Å². The van der Waals surface area contributed by atoms with Gasteiger partial charge in [-0.05, 0) is 30.7 Å². The number of aryl methyl sites for hydroxylation is 1. The van der Waals surface area contributed by atoms with E-state index >= 15 is 0 Å². The van der Waals surface area contributed by atoms with Crippen LogP contribution in [0.15, 0.2) is 66.2 Å². The SMILES string of the molecule is Cc1ccccc1Nc1ncc(C(=O)NC2CS(=O)(=O)C2)cc1NC(=O)c1csc2ccccc12. The van der Waals surface area contributed by atoms with Gasteiger partial charge >= 0.3 is 0 Å². The highest BCUT2D eigenvalue weighted by Gasteiger charge is 2.34. The summed E-state index contributed by atoms with van der Waals surface area (Å²) in [6.07, 6.45) is 1.40. The first kappa shape index (κ1) is 23.0. The molecule has 0 atom stereocenters. The minimum absolute atomic E-state index is 0.0755. The number of nitrogens with zero attached hydrogens (tertiary/aromatic N) is 1. The lowest BCUT2D eigenvalue weighted by Crippen LogP contribution is -2.52. The smallest absolute Gasteiger partial charge is 0.257 e. The van der Waals surface area contributed by atoms with E-state index in [9.17, 15) is 18.0 Å². The topological polar surface area (TPSA) is 117 Å². The van der Waals surface area contributed by atoms with Crippen LogP contribution in [-0.2, 0) is 9.84 Å². The first-order valence-electron chi connectivity index (χ1n) is 10.9. The summed E-state index contributed by atoms with van der Waals surface area (Å²) in [5.74, 6) is -0.534. The van der Waals surface area contributed by atoms with Gasteiger partial charge in [-0.1, -0.05) is 36.4 Å². The molecule has 5 rings (SSSR count). The maximum Gasteiger partial charge on any atom is 0.257 e. The Hall–Kier alpha value is -3.76. The van der Waals surface area contributed by atoms with Crippen molar-refractivity contribution in [1.29, 1.82) is 0 Å². The summed E-state index contributed by atoms with van der Waals surface area (Å²) >= 11 is 1.48. The molecular weight excluding hydrogens is 484 g/mol. The van der Waals surface area contributed by atoms with Gasteiger partial charge in [-0.15, -0.1) is 11.3 Å². The summed E-state index contributed by atoms with van der Waals surface area (Å²) in [4.78, 5) is 30.4. The number of hydrogen-bond acceptors (Lipinski definition) is 7. The van der Waals surface area contributed by atoms with E-state index in [1.165, 1.54) is 17.5 Å². The quantitative estimate of drug-likeness (QED) is 0.362. The minimum atomic E-state index is -3.07. The third-order valence-electron chi connectivity index (χ3n) is 5.77. The van der Waals surface area contributed by atoms with Gasteiger partial charge in [0, 0.05) is 27.4 Å². The summed E-state index contributed by atoms with van der Waals surface area (Å²) in [6, 6.07) is 16.4. The van der Waals surface area contributed by atoms with Gasteiger partial charge in [0.1, 0.15) is 0 Å². The van der Waals surface area contributed by atoms with E-state index in [0.717, 1.165) is 21.3 Å². The number of pyridine rings is 1. The number of carbonyl (C=O) groups excluding carboxylic acids is 2. The zero-order valence-corrected chi connectivity index (χ0v) is 20.4. The lowest BCUT2D eigenvalue weighted by Gasteiger charge is -2.26. The van der Waals surface area contributed by atoms with Crippen LogP contribution in [-0.4, -0.2) is 42.8 Å². The standard InChI is InChI=1S/C25H22N4O4S2/c1-15-6-2-4-8-20(15)28-23-21(29-25(31)19-12-34-22-9-5-3-7-18(19)22)10-16(11-26-23)24(30)27-17-13-35(32,33)14-17/h2-12,17H,13-14H2,1H3,(H,26,28)(H,27,30)(H,29,31). The molecule has 0 saturated carbocycles. The monoisotopic (exact) mass is 506 g/mol. The molecule has 1 aliphatic heterocycles. The van der Waals surface area contributed by atoms with E-state index in [0.29, 0.717) is 17.1 Å². The van der Waals surface area contributed by atoms with E-state index < -0.39 is 21.8 Å². The molecule has 0 unspecified atom stereocenters. The van der Waals surface area contributed by atoms with Gasteiger partial charge in [0.25, 0.3) is 11.8 Å². The highest BCUT2D eigenvalue weighted by Crippen LogP contribution is 2.30. The van der Waals surface area contributed by atoms with E-state index in [-0.39, 0.29) is 23.0 Å². The molecule has 4 aromatic rings. The van der Waals surface area contributed by atoms with Crippen LogP contribution in [0, 0.1) is 6.92 Å². The molecule has 3 N–H and O–H groups in total. The minimum Gasteiger partial charge on any atom is -0.347 e. The third-order valence-corrected chi connectivity index (χ3v) is 8.55. The summed E-state index contributed by atoms with van der Waals surface area (Å²) < 4.78 is 23.8. The van der Waals surface area contributed by atoms with Gasteiger partial charge in [-0.25, -0.2) is 13.4 Å². The molecule has 8 nitrogen and oxygen atoms in total. The Morgan fingerprint density at radius 2 is 1.74 bits per heavy atom. The Morgan fingerprint density at radius 3 is 2.51 bits per heavy atom. The number of para-hydroxylation sites is 1. The summed E-state index contributed by atoms with van der Waals surface area (Å²) in [7, 11) is -3.07. The number of aromatic nitrogens is 1. The Morgan fingerprint density at radius 1 is 1.00 bits per heavy atom. The fourth-order valence-corrected chi connectivity index (χ4v) is 6.12. The van der Waals surface area contributed by atoms with Crippen molar-refractivity contribution in [2.45, 2.75) is 13.0 Å². The van der Waals surface area contributed by atoms with Gasteiger partial charge in [0.05, 0.1) is 34.4 Å². The third kappa shape index (κ3) is 4.89. The number of thiophene rings is 1. The Bertz CT molecular complexity index is 1550. The maximum absolute atomic E-state index is 13.2.